The number of fused-ring (bicyclic) bond motifs is 4. The summed E-state index contributed by atoms with van der Waals surface area (Å²) >= 11 is 0. The topological polar surface area (TPSA) is 43.6 Å². The highest BCUT2D eigenvalue weighted by molar-refractivity contribution is 6.11. The molecule has 0 atom stereocenters. The largest absolute Gasteiger partial charge is 0.309 e. The molecule has 0 saturated carbocycles. The van der Waals surface area contributed by atoms with Crippen molar-refractivity contribution < 1.29 is 0 Å². The monoisotopic (exact) mass is 752 g/mol. The van der Waals surface area contributed by atoms with Gasteiger partial charge in [0.15, 0.2) is 17.5 Å². The first-order chi connectivity index (χ1) is 29.3. The molecule has 2 heterocycles. The first-order valence-electron chi connectivity index (χ1n) is 20.0. The van der Waals surface area contributed by atoms with Crippen molar-refractivity contribution in [3.8, 4) is 73.2 Å². The Kier molecular flexibility index (Phi) is 8.45. The number of para-hydroxylation sites is 3. The van der Waals surface area contributed by atoms with Crippen molar-refractivity contribution in [2.24, 2.45) is 0 Å². The predicted molar refractivity (Wildman–Crippen MR) is 244 cm³/mol. The van der Waals surface area contributed by atoms with Gasteiger partial charge in [-0.1, -0.05) is 188 Å². The van der Waals surface area contributed by atoms with Gasteiger partial charge in [0.2, 0.25) is 0 Å². The molecule has 0 unspecified atom stereocenters. The van der Waals surface area contributed by atoms with Gasteiger partial charge >= 0.3 is 0 Å². The van der Waals surface area contributed by atoms with E-state index in [1.807, 2.05) is 12.1 Å². The van der Waals surface area contributed by atoms with Crippen LogP contribution in [0.15, 0.2) is 218 Å². The summed E-state index contributed by atoms with van der Waals surface area (Å²) in [5.74, 6) is 1.87. The maximum absolute atomic E-state index is 5.32. The van der Waals surface area contributed by atoms with Crippen molar-refractivity contribution in [2.75, 3.05) is 0 Å². The molecule has 9 aromatic carbocycles. The molecule has 0 aliphatic carbocycles. The lowest BCUT2D eigenvalue weighted by Gasteiger charge is -2.17. The Morgan fingerprint density at radius 3 is 1.41 bits per heavy atom. The van der Waals surface area contributed by atoms with Crippen LogP contribution in [0.2, 0.25) is 0 Å². The van der Waals surface area contributed by atoms with Crippen molar-refractivity contribution in [1.82, 2.24) is 19.5 Å². The summed E-state index contributed by atoms with van der Waals surface area (Å²) in [5.41, 5.74) is 13.0. The third kappa shape index (κ3) is 6.06. The fraction of sp³-hybridized carbons (Fsp3) is 0. The molecule has 0 N–H and O–H groups in total. The van der Waals surface area contributed by atoms with Gasteiger partial charge in [-0.05, 0) is 68.9 Å². The molecular weight excluding hydrogens is 717 g/mol. The molecule has 0 bridgehead atoms. The number of aromatic nitrogens is 4. The van der Waals surface area contributed by atoms with Crippen molar-refractivity contribution >= 4 is 32.6 Å². The summed E-state index contributed by atoms with van der Waals surface area (Å²) in [6, 6.07) is 76.9. The highest BCUT2D eigenvalue weighted by atomic mass is 15.0. The summed E-state index contributed by atoms with van der Waals surface area (Å²) in [4.78, 5) is 15.8. The molecule has 0 amide bonds. The quantitative estimate of drug-likeness (QED) is 0.163. The van der Waals surface area contributed by atoms with E-state index in [0.717, 1.165) is 66.5 Å². The number of hydrogen-bond acceptors (Lipinski definition) is 3. The van der Waals surface area contributed by atoms with E-state index in [4.69, 9.17) is 15.0 Å². The summed E-state index contributed by atoms with van der Waals surface area (Å²) in [7, 11) is 0. The fourth-order valence-electron chi connectivity index (χ4n) is 8.57. The molecule has 11 rings (SSSR count). The molecule has 276 valence electrons. The molecule has 0 radical (unpaired) electrons. The maximum atomic E-state index is 5.32. The number of benzene rings is 9. The van der Waals surface area contributed by atoms with Gasteiger partial charge in [-0.2, -0.15) is 0 Å². The predicted octanol–water partition coefficient (Wildman–Crippen LogP) is 14.1. The Labute approximate surface area is 342 Å². The number of nitrogens with zero attached hydrogens (tertiary/aromatic N) is 4. The molecule has 11 aromatic rings. The van der Waals surface area contributed by atoms with E-state index >= 15 is 0 Å². The van der Waals surface area contributed by atoms with Crippen LogP contribution in [0.4, 0.5) is 0 Å². The first kappa shape index (κ1) is 34.3. The fourth-order valence-corrected chi connectivity index (χ4v) is 8.57. The van der Waals surface area contributed by atoms with Gasteiger partial charge in [-0.3, -0.25) is 0 Å². The van der Waals surface area contributed by atoms with E-state index in [1.54, 1.807) is 0 Å². The second-order valence-corrected chi connectivity index (χ2v) is 14.8. The molecule has 2 aromatic heterocycles. The van der Waals surface area contributed by atoms with E-state index < -0.39 is 0 Å². The highest BCUT2D eigenvalue weighted by Crippen LogP contribution is 2.41. The van der Waals surface area contributed by atoms with Crippen molar-refractivity contribution in [2.45, 2.75) is 0 Å². The maximum Gasteiger partial charge on any atom is 0.164 e. The zero-order valence-corrected chi connectivity index (χ0v) is 32.1. The second-order valence-electron chi connectivity index (χ2n) is 14.8. The lowest BCUT2D eigenvalue weighted by molar-refractivity contribution is 1.08. The van der Waals surface area contributed by atoms with Crippen molar-refractivity contribution in [1.29, 1.82) is 0 Å². The minimum absolute atomic E-state index is 0.621. The Balaban J connectivity index is 1.12. The lowest BCUT2D eigenvalue weighted by atomic mass is 9.93. The van der Waals surface area contributed by atoms with Crippen LogP contribution in [-0.4, -0.2) is 19.5 Å². The summed E-state index contributed by atoms with van der Waals surface area (Å²) in [6.45, 7) is 0. The van der Waals surface area contributed by atoms with Crippen LogP contribution in [0.5, 0.6) is 0 Å². The number of rotatable bonds is 7. The number of hydrogen-bond donors (Lipinski definition) is 0. The van der Waals surface area contributed by atoms with Crippen LogP contribution in [0.1, 0.15) is 0 Å². The Morgan fingerprint density at radius 2 is 0.712 bits per heavy atom. The lowest BCUT2D eigenvalue weighted by Crippen LogP contribution is -2.02. The SMILES string of the molecule is c1ccc(-c2cccc(-c3nc(-c4ccccc4-c4ccccc4)nc(-c4ccc(-c5ccccc5-n5c6ccccc6c6ccccc65)c5ccccc45)n3)c2)cc1. The zero-order chi connectivity index (χ0) is 39.1. The summed E-state index contributed by atoms with van der Waals surface area (Å²) in [6.07, 6.45) is 0. The molecule has 0 fully saturated rings. The minimum atomic E-state index is 0.621. The highest BCUT2D eigenvalue weighted by Gasteiger charge is 2.20. The van der Waals surface area contributed by atoms with Gasteiger partial charge in [0.25, 0.3) is 0 Å². The van der Waals surface area contributed by atoms with Gasteiger partial charge < -0.3 is 4.57 Å². The van der Waals surface area contributed by atoms with Gasteiger partial charge in [-0.25, -0.2) is 15.0 Å². The molecule has 0 saturated heterocycles. The van der Waals surface area contributed by atoms with Gasteiger partial charge in [0.05, 0.1) is 16.7 Å². The van der Waals surface area contributed by atoms with E-state index in [-0.39, 0.29) is 0 Å². The van der Waals surface area contributed by atoms with Crippen LogP contribution in [-0.2, 0) is 0 Å². The molecular formula is C55H36N4. The molecule has 59 heavy (non-hydrogen) atoms. The van der Waals surface area contributed by atoms with E-state index in [1.165, 1.54) is 21.8 Å². The molecule has 4 nitrogen and oxygen atoms in total. The zero-order valence-electron chi connectivity index (χ0n) is 32.1. The van der Waals surface area contributed by atoms with Crippen LogP contribution < -0.4 is 0 Å². The van der Waals surface area contributed by atoms with Crippen LogP contribution in [0.3, 0.4) is 0 Å². The van der Waals surface area contributed by atoms with Crippen molar-refractivity contribution in [3.05, 3.63) is 218 Å². The summed E-state index contributed by atoms with van der Waals surface area (Å²) < 4.78 is 2.40. The van der Waals surface area contributed by atoms with E-state index in [9.17, 15) is 0 Å². The van der Waals surface area contributed by atoms with Crippen molar-refractivity contribution in [3.63, 3.8) is 0 Å². The Bertz CT molecular complexity index is 3280. The molecule has 4 heteroatoms. The smallest absolute Gasteiger partial charge is 0.164 e. The van der Waals surface area contributed by atoms with Crippen LogP contribution in [0, 0.1) is 0 Å². The normalized spacial score (nSPS) is 11.4. The van der Waals surface area contributed by atoms with E-state index in [0.29, 0.717) is 17.5 Å². The Morgan fingerprint density at radius 1 is 0.254 bits per heavy atom. The standard InChI is InChI=1S/C55H36N4/c1-3-18-37(19-4-1)39-22-17-23-40(36-39)53-56-54(48-30-10-7-24-41(48)38-20-5-2-6-21-38)58-55(57-53)49-35-34-44(42-25-8-9-26-43(42)49)45-27-11-14-31-50(45)59-51-32-15-12-28-46(51)47-29-13-16-33-52(47)59/h1-36H. The third-order valence-corrected chi connectivity index (χ3v) is 11.3. The van der Waals surface area contributed by atoms with Crippen LogP contribution >= 0.6 is 0 Å². The Hall–Kier alpha value is -7.95. The average molecular weight is 753 g/mol. The van der Waals surface area contributed by atoms with Gasteiger partial charge in [0, 0.05) is 33.0 Å². The van der Waals surface area contributed by atoms with Gasteiger partial charge in [-0.15, -0.1) is 0 Å². The second kappa shape index (κ2) is 14.5. The van der Waals surface area contributed by atoms with Crippen LogP contribution in [0.25, 0.3) is 106 Å². The first-order valence-corrected chi connectivity index (χ1v) is 20.0. The third-order valence-electron chi connectivity index (χ3n) is 11.3. The average Bonchev–Trinajstić information content (AvgIpc) is 3.66. The molecule has 0 spiro atoms. The molecule has 0 aliphatic rings. The molecule has 0 aliphatic heterocycles. The van der Waals surface area contributed by atoms with Gasteiger partial charge in [0.1, 0.15) is 0 Å². The summed E-state index contributed by atoms with van der Waals surface area (Å²) in [5, 5.41) is 4.67. The van der Waals surface area contributed by atoms with E-state index in [2.05, 4.69) is 211 Å². The minimum Gasteiger partial charge on any atom is -0.309 e.